The number of hydrogen-bond acceptors (Lipinski definition) is 3. The summed E-state index contributed by atoms with van der Waals surface area (Å²) >= 11 is 14.5. The predicted molar refractivity (Wildman–Crippen MR) is 86.4 cm³/mol. The van der Waals surface area contributed by atoms with Gasteiger partial charge in [-0.1, -0.05) is 30.1 Å². The van der Waals surface area contributed by atoms with Crippen LogP contribution in [0.1, 0.15) is 24.9 Å². The van der Waals surface area contributed by atoms with E-state index in [1.807, 2.05) is 18.2 Å². The molecule has 1 saturated heterocycles. The first-order valence-corrected chi connectivity index (χ1v) is 8.46. The van der Waals surface area contributed by atoms with Gasteiger partial charge in [0.05, 0.1) is 0 Å². The van der Waals surface area contributed by atoms with Crippen LogP contribution in [0.3, 0.4) is 0 Å². The lowest BCUT2D eigenvalue weighted by Gasteiger charge is -2.37. The largest absolute Gasteiger partial charge is 0.329 e. The lowest BCUT2D eigenvalue weighted by molar-refractivity contribution is 0.207. The van der Waals surface area contributed by atoms with Gasteiger partial charge in [-0.3, -0.25) is 4.90 Å². The summed E-state index contributed by atoms with van der Waals surface area (Å²) in [6, 6.07) is 5.80. The number of rotatable bonds is 4. The maximum absolute atomic E-state index is 6.31. The first kappa shape index (κ1) is 15.5. The van der Waals surface area contributed by atoms with Crippen molar-refractivity contribution in [2.75, 3.05) is 25.4 Å². The van der Waals surface area contributed by atoms with E-state index in [1.54, 1.807) is 0 Å². The highest BCUT2D eigenvalue weighted by Crippen LogP contribution is 2.33. The first-order valence-electron chi connectivity index (χ1n) is 6.66. The molecule has 0 radical (unpaired) electrons. The van der Waals surface area contributed by atoms with Gasteiger partial charge in [0.15, 0.2) is 0 Å². The monoisotopic (exact) mass is 318 g/mol. The van der Waals surface area contributed by atoms with Gasteiger partial charge in [0.1, 0.15) is 0 Å². The van der Waals surface area contributed by atoms with E-state index in [0.717, 1.165) is 34.5 Å². The summed E-state index contributed by atoms with van der Waals surface area (Å²) in [5, 5.41) is 2.17. The van der Waals surface area contributed by atoms with E-state index in [1.165, 1.54) is 6.42 Å². The molecule has 2 nitrogen and oxygen atoms in total. The van der Waals surface area contributed by atoms with Gasteiger partial charge >= 0.3 is 0 Å². The average Bonchev–Trinajstić information content (AvgIpc) is 2.44. The third-order valence-corrected chi connectivity index (χ3v) is 5.56. The Balaban J connectivity index is 2.21. The Labute approximate surface area is 129 Å². The van der Waals surface area contributed by atoms with Crippen LogP contribution in [0.5, 0.6) is 0 Å². The molecule has 1 fully saturated rings. The smallest absolute Gasteiger partial charge is 0.0486 e. The molecule has 0 bridgehead atoms. The van der Waals surface area contributed by atoms with Crippen molar-refractivity contribution in [3.05, 3.63) is 33.8 Å². The van der Waals surface area contributed by atoms with Crippen molar-refractivity contribution in [3.63, 3.8) is 0 Å². The van der Waals surface area contributed by atoms with Crippen molar-refractivity contribution in [1.82, 2.24) is 4.90 Å². The molecule has 0 saturated carbocycles. The molecule has 106 valence electrons. The highest BCUT2D eigenvalue weighted by Gasteiger charge is 2.27. The van der Waals surface area contributed by atoms with E-state index in [-0.39, 0.29) is 6.04 Å². The topological polar surface area (TPSA) is 29.3 Å². The summed E-state index contributed by atoms with van der Waals surface area (Å²) in [5.74, 6) is 1.16. The van der Waals surface area contributed by atoms with E-state index in [2.05, 4.69) is 23.6 Å². The van der Waals surface area contributed by atoms with Gasteiger partial charge in [0, 0.05) is 46.7 Å². The molecule has 19 heavy (non-hydrogen) atoms. The Bertz CT molecular complexity index is 428. The number of benzene rings is 1. The van der Waals surface area contributed by atoms with Gasteiger partial charge in [-0.2, -0.15) is 11.8 Å². The SMILES string of the molecule is CCC1CN(C(CN)c2cc(Cl)ccc2Cl)CCS1. The molecule has 2 unspecified atom stereocenters. The Morgan fingerprint density at radius 3 is 2.95 bits per heavy atom. The predicted octanol–water partition coefficient (Wildman–Crippen LogP) is 3.82. The van der Waals surface area contributed by atoms with Crippen molar-refractivity contribution < 1.29 is 0 Å². The van der Waals surface area contributed by atoms with Crippen molar-refractivity contribution in [2.45, 2.75) is 24.6 Å². The van der Waals surface area contributed by atoms with Crippen LogP contribution in [0.4, 0.5) is 0 Å². The Morgan fingerprint density at radius 1 is 1.47 bits per heavy atom. The third-order valence-electron chi connectivity index (χ3n) is 3.61. The van der Waals surface area contributed by atoms with Crippen LogP contribution >= 0.6 is 35.0 Å². The molecule has 1 aromatic carbocycles. The van der Waals surface area contributed by atoms with Gasteiger partial charge in [0.25, 0.3) is 0 Å². The second-order valence-corrected chi connectivity index (χ2v) is 7.07. The zero-order valence-electron chi connectivity index (χ0n) is 11.1. The maximum atomic E-state index is 6.31. The van der Waals surface area contributed by atoms with Crippen LogP contribution < -0.4 is 5.73 Å². The molecule has 1 aliphatic rings. The second kappa shape index (κ2) is 7.19. The molecular formula is C14H20Cl2N2S. The normalized spacial score (nSPS) is 22.4. The first-order chi connectivity index (χ1) is 9.15. The standard InChI is InChI=1S/C14H20Cl2N2S/c1-2-11-9-18(5-6-19-11)14(8-17)12-7-10(15)3-4-13(12)16/h3-4,7,11,14H,2,5-6,8-9,17H2,1H3. The van der Waals surface area contributed by atoms with Gasteiger partial charge < -0.3 is 5.73 Å². The number of thioether (sulfide) groups is 1. The molecule has 1 aromatic rings. The molecular weight excluding hydrogens is 299 g/mol. The summed E-state index contributed by atoms with van der Waals surface area (Å²) < 4.78 is 0. The Kier molecular flexibility index (Phi) is 5.85. The van der Waals surface area contributed by atoms with Crippen LogP contribution in [-0.4, -0.2) is 35.5 Å². The highest BCUT2D eigenvalue weighted by molar-refractivity contribution is 8.00. The number of nitrogens with two attached hydrogens (primary N) is 1. The molecule has 0 spiro atoms. The second-order valence-electron chi connectivity index (χ2n) is 4.81. The summed E-state index contributed by atoms with van der Waals surface area (Å²) in [5.41, 5.74) is 7.05. The zero-order chi connectivity index (χ0) is 13.8. The van der Waals surface area contributed by atoms with E-state index in [0.29, 0.717) is 11.8 Å². The molecule has 1 heterocycles. The van der Waals surface area contributed by atoms with Gasteiger partial charge in [0.2, 0.25) is 0 Å². The summed E-state index contributed by atoms with van der Waals surface area (Å²) in [6.07, 6.45) is 1.20. The lowest BCUT2D eigenvalue weighted by atomic mass is 10.0. The zero-order valence-corrected chi connectivity index (χ0v) is 13.4. The molecule has 0 amide bonds. The quantitative estimate of drug-likeness (QED) is 0.915. The lowest BCUT2D eigenvalue weighted by Crippen LogP contribution is -2.42. The fourth-order valence-electron chi connectivity index (χ4n) is 2.51. The minimum atomic E-state index is 0.168. The molecule has 2 rings (SSSR count). The number of halogens is 2. The molecule has 5 heteroatoms. The maximum Gasteiger partial charge on any atom is 0.0486 e. The molecule has 0 aliphatic carbocycles. The van der Waals surface area contributed by atoms with Gasteiger partial charge in [-0.05, 0) is 30.2 Å². The van der Waals surface area contributed by atoms with Crippen LogP contribution in [0.25, 0.3) is 0 Å². The Hall–Kier alpha value is 0.0700. The molecule has 2 atom stereocenters. The van der Waals surface area contributed by atoms with Gasteiger partial charge in [-0.25, -0.2) is 0 Å². The highest BCUT2D eigenvalue weighted by atomic mass is 35.5. The third kappa shape index (κ3) is 3.79. The van der Waals surface area contributed by atoms with E-state index >= 15 is 0 Å². The molecule has 2 N–H and O–H groups in total. The van der Waals surface area contributed by atoms with Crippen LogP contribution in [0, 0.1) is 0 Å². The fraction of sp³-hybridized carbons (Fsp3) is 0.571. The summed E-state index contributed by atoms with van der Waals surface area (Å²) in [7, 11) is 0. The summed E-state index contributed by atoms with van der Waals surface area (Å²) in [6.45, 7) is 4.95. The minimum Gasteiger partial charge on any atom is -0.329 e. The number of hydrogen-bond donors (Lipinski definition) is 1. The minimum absolute atomic E-state index is 0.168. The summed E-state index contributed by atoms with van der Waals surface area (Å²) in [4.78, 5) is 2.45. The molecule has 1 aliphatic heterocycles. The Morgan fingerprint density at radius 2 is 2.26 bits per heavy atom. The van der Waals surface area contributed by atoms with Crippen LogP contribution in [0.15, 0.2) is 18.2 Å². The molecule has 0 aromatic heterocycles. The van der Waals surface area contributed by atoms with Crippen LogP contribution in [-0.2, 0) is 0 Å². The van der Waals surface area contributed by atoms with E-state index in [4.69, 9.17) is 28.9 Å². The van der Waals surface area contributed by atoms with Crippen molar-refractivity contribution in [3.8, 4) is 0 Å². The van der Waals surface area contributed by atoms with Crippen LogP contribution in [0.2, 0.25) is 10.0 Å². The average molecular weight is 319 g/mol. The number of nitrogens with zero attached hydrogens (tertiary/aromatic N) is 1. The van der Waals surface area contributed by atoms with Gasteiger partial charge in [-0.15, -0.1) is 0 Å². The van der Waals surface area contributed by atoms with Crippen molar-refractivity contribution in [2.24, 2.45) is 5.73 Å². The van der Waals surface area contributed by atoms with Crippen molar-refractivity contribution >= 4 is 35.0 Å². The van der Waals surface area contributed by atoms with E-state index in [9.17, 15) is 0 Å². The fourth-order valence-corrected chi connectivity index (χ4v) is 4.14. The van der Waals surface area contributed by atoms with Crippen molar-refractivity contribution in [1.29, 1.82) is 0 Å². The van der Waals surface area contributed by atoms with E-state index < -0.39 is 0 Å².